The van der Waals surface area contributed by atoms with Crippen LogP contribution in [0.2, 0.25) is 0 Å². The summed E-state index contributed by atoms with van der Waals surface area (Å²) >= 11 is 0. The fraction of sp³-hybridized carbons (Fsp3) is 0.280. The summed E-state index contributed by atoms with van der Waals surface area (Å²) in [6.45, 7) is 2.16. The lowest BCUT2D eigenvalue weighted by atomic mass is 10.1. The molecule has 0 atom stereocenters. The number of carbonyl (C=O) groups excluding carboxylic acids is 1. The molecule has 5 nitrogen and oxygen atoms in total. The van der Waals surface area contributed by atoms with Crippen molar-refractivity contribution in [1.82, 2.24) is 14.9 Å². The van der Waals surface area contributed by atoms with Crippen molar-refractivity contribution in [3.05, 3.63) is 78.1 Å². The van der Waals surface area contributed by atoms with Gasteiger partial charge in [0, 0.05) is 29.4 Å². The van der Waals surface area contributed by atoms with Crippen LogP contribution in [0.4, 0.5) is 0 Å². The van der Waals surface area contributed by atoms with Crippen LogP contribution in [-0.2, 0) is 6.54 Å². The largest absolute Gasteiger partial charge is 0.351 e. The topological polar surface area (TPSA) is 72.9 Å². The molecule has 0 aliphatic rings. The third-order valence-electron chi connectivity index (χ3n) is 5.49. The van der Waals surface area contributed by atoms with Gasteiger partial charge in [-0.3, -0.25) is 4.79 Å². The Hall–Kier alpha value is -3.18. The molecule has 2 heterocycles. The summed E-state index contributed by atoms with van der Waals surface area (Å²) in [5.74, 6) is -0.115. The van der Waals surface area contributed by atoms with Gasteiger partial charge in [0.15, 0.2) is 0 Å². The highest BCUT2D eigenvalue weighted by molar-refractivity contribution is 6.09. The maximum atomic E-state index is 12.6. The second kappa shape index (κ2) is 9.55. The van der Waals surface area contributed by atoms with Gasteiger partial charge in [-0.1, -0.05) is 61.4 Å². The van der Waals surface area contributed by atoms with Crippen LogP contribution < -0.4 is 11.1 Å². The van der Waals surface area contributed by atoms with E-state index in [4.69, 9.17) is 5.73 Å². The predicted octanol–water partition coefficient (Wildman–Crippen LogP) is 4.49. The molecule has 3 N–H and O–H groups in total. The lowest BCUT2D eigenvalue weighted by molar-refractivity contribution is 0.0948. The summed E-state index contributed by atoms with van der Waals surface area (Å²) in [6.07, 6.45) is 6.02. The van der Waals surface area contributed by atoms with Crippen LogP contribution in [0.5, 0.6) is 0 Å². The molecule has 0 fully saturated rings. The molecule has 5 heteroatoms. The smallest absolute Gasteiger partial charge is 0.269 e. The van der Waals surface area contributed by atoms with Crippen LogP contribution in [0.1, 0.15) is 41.7 Å². The Bertz CT molecular complexity index is 1130. The van der Waals surface area contributed by atoms with Gasteiger partial charge in [0.2, 0.25) is 0 Å². The molecule has 4 aromatic rings. The molecule has 0 radical (unpaired) electrons. The van der Waals surface area contributed by atoms with E-state index in [-0.39, 0.29) is 5.91 Å². The van der Waals surface area contributed by atoms with Crippen molar-refractivity contribution >= 4 is 27.7 Å². The zero-order chi connectivity index (χ0) is 20.8. The van der Waals surface area contributed by atoms with E-state index in [2.05, 4.69) is 57.3 Å². The first-order valence-electron chi connectivity index (χ1n) is 10.7. The second-order valence-corrected chi connectivity index (χ2v) is 7.63. The van der Waals surface area contributed by atoms with E-state index in [1.807, 2.05) is 24.4 Å². The number of hydrogen-bond donors (Lipinski definition) is 2. The fourth-order valence-electron chi connectivity index (χ4n) is 3.92. The van der Waals surface area contributed by atoms with Gasteiger partial charge in [-0.15, -0.1) is 0 Å². The number of nitrogens with one attached hydrogen (secondary N) is 1. The number of fused-ring (bicyclic) bond motifs is 3. The van der Waals surface area contributed by atoms with E-state index >= 15 is 0 Å². The third-order valence-corrected chi connectivity index (χ3v) is 5.49. The first-order chi connectivity index (χ1) is 14.8. The minimum absolute atomic E-state index is 0.115. The second-order valence-electron chi connectivity index (χ2n) is 7.63. The number of unbranched alkanes of at least 4 members (excludes halogenated alkanes) is 3. The van der Waals surface area contributed by atoms with Crippen molar-refractivity contribution in [2.24, 2.45) is 5.73 Å². The number of amides is 1. The van der Waals surface area contributed by atoms with Gasteiger partial charge in [0.1, 0.15) is 5.69 Å². The normalized spacial score (nSPS) is 11.2. The maximum Gasteiger partial charge on any atom is 0.269 e. The number of aromatic nitrogens is 2. The van der Waals surface area contributed by atoms with Crippen LogP contribution in [0.15, 0.2) is 66.9 Å². The Balaban J connectivity index is 1.58. The molecule has 0 aliphatic carbocycles. The van der Waals surface area contributed by atoms with Gasteiger partial charge in [0.05, 0.1) is 11.7 Å². The average molecular weight is 401 g/mol. The number of para-hydroxylation sites is 1. The van der Waals surface area contributed by atoms with E-state index in [9.17, 15) is 4.79 Å². The van der Waals surface area contributed by atoms with Crippen LogP contribution in [0.3, 0.4) is 0 Å². The minimum atomic E-state index is -0.115. The molecule has 0 spiro atoms. The quantitative estimate of drug-likeness (QED) is 0.407. The highest BCUT2D eigenvalue weighted by atomic mass is 16.1. The zero-order valence-electron chi connectivity index (χ0n) is 17.2. The van der Waals surface area contributed by atoms with Crippen molar-refractivity contribution in [3.63, 3.8) is 0 Å². The Morgan fingerprint density at radius 2 is 1.67 bits per heavy atom. The van der Waals surface area contributed by atoms with Crippen molar-refractivity contribution in [3.8, 4) is 0 Å². The molecule has 2 aromatic heterocycles. The Labute approximate surface area is 176 Å². The number of hydrogen-bond acceptors (Lipinski definition) is 3. The number of nitrogens with two attached hydrogens (primary N) is 1. The highest BCUT2D eigenvalue weighted by Crippen LogP contribution is 2.29. The first-order valence-corrected chi connectivity index (χ1v) is 10.7. The summed E-state index contributed by atoms with van der Waals surface area (Å²) in [6, 6.07) is 20.6. The number of nitrogens with zero attached hydrogens (tertiary/aromatic N) is 2. The maximum absolute atomic E-state index is 12.6. The standard InChI is InChI=1S/C25H28N4O/c26-14-8-1-2-9-15-27-25(30)22-16-21-20-12-6-7-13-23(20)29(24(21)17-28-22)18-19-10-4-3-5-11-19/h3-7,10-13,16-17H,1-2,8-9,14-15,18,26H2,(H,27,30). The van der Waals surface area contributed by atoms with Gasteiger partial charge < -0.3 is 15.6 Å². The lowest BCUT2D eigenvalue weighted by Gasteiger charge is -2.08. The molecule has 0 aliphatic heterocycles. The third kappa shape index (κ3) is 4.36. The summed E-state index contributed by atoms with van der Waals surface area (Å²) in [4.78, 5) is 17.1. The van der Waals surface area contributed by atoms with E-state index in [1.165, 1.54) is 5.56 Å². The van der Waals surface area contributed by atoms with Gasteiger partial charge in [-0.2, -0.15) is 0 Å². The van der Waals surface area contributed by atoms with Crippen molar-refractivity contribution in [1.29, 1.82) is 0 Å². The van der Waals surface area contributed by atoms with E-state index in [1.54, 1.807) is 0 Å². The van der Waals surface area contributed by atoms with E-state index in [0.717, 1.165) is 60.6 Å². The van der Waals surface area contributed by atoms with Crippen LogP contribution in [0, 0.1) is 0 Å². The van der Waals surface area contributed by atoms with E-state index in [0.29, 0.717) is 12.2 Å². The Morgan fingerprint density at radius 3 is 2.50 bits per heavy atom. The molecule has 154 valence electrons. The van der Waals surface area contributed by atoms with Crippen molar-refractivity contribution < 1.29 is 4.79 Å². The molecule has 1 amide bonds. The molecule has 0 unspecified atom stereocenters. The van der Waals surface area contributed by atoms with Crippen molar-refractivity contribution in [2.75, 3.05) is 13.1 Å². The number of carbonyl (C=O) groups is 1. The fourth-order valence-corrected chi connectivity index (χ4v) is 3.92. The van der Waals surface area contributed by atoms with Gasteiger partial charge in [-0.25, -0.2) is 4.98 Å². The van der Waals surface area contributed by atoms with Gasteiger partial charge in [0.25, 0.3) is 5.91 Å². The zero-order valence-corrected chi connectivity index (χ0v) is 17.2. The average Bonchev–Trinajstić information content (AvgIpc) is 3.10. The highest BCUT2D eigenvalue weighted by Gasteiger charge is 2.14. The SMILES string of the molecule is NCCCCCCNC(=O)c1cc2c3ccccc3n(Cc3ccccc3)c2cn1. The van der Waals surface area contributed by atoms with Crippen LogP contribution in [0.25, 0.3) is 21.8 Å². The van der Waals surface area contributed by atoms with Gasteiger partial charge >= 0.3 is 0 Å². The molecular formula is C25H28N4O. The first kappa shape index (κ1) is 20.1. The summed E-state index contributed by atoms with van der Waals surface area (Å²) in [5.41, 5.74) is 9.40. The lowest BCUT2D eigenvalue weighted by Crippen LogP contribution is -2.25. The van der Waals surface area contributed by atoms with Gasteiger partial charge in [-0.05, 0) is 37.1 Å². The Morgan fingerprint density at radius 1 is 0.900 bits per heavy atom. The minimum Gasteiger partial charge on any atom is -0.351 e. The monoisotopic (exact) mass is 400 g/mol. The molecular weight excluding hydrogens is 372 g/mol. The number of benzene rings is 2. The summed E-state index contributed by atoms with van der Waals surface area (Å²) < 4.78 is 2.27. The molecule has 0 saturated heterocycles. The summed E-state index contributed by atoms with van der Waals surface area (Å²) in [5, 5.41) is 5.20. The molecule has 0 saturated carbocycles. The number of pyridine rings is 1. The molecule has 4 rings (SSSR count). The summed E-state index contributed by atoms with van der Waals surface area (Å²) in [7, 11) is 0. The predicted molar refractivity (Wildman–Crippen MR) is 123 cm³/mol. The molecule has 30 heavy (non-hydrogen) atoms. The number of rotatable bonds is 9. The Kier molecular flexibility index (Phi) is 6.40. The van der Waals surface area contributed by atoms with Crippen molar-refractivity contribution in [2.45, 2.75) is 32.2 Å². The van der Waals surface area contributed by atoms with Crippen LogP contribution in [-0.4, -0.2) is 28.5 Å². The van der Waals surface area contributed by atoms with E-state index < -0.39 is 0 Å². The van der Waals surface area contributed by atoms with Crippen LogP contribution >= 0.6 is 0 Å². The molecule has 0 bridgehead atoms. The molecule has 2 aromatic carbocycles.